The van der Waals surface area contributed by atoms with Crippen molar-refractivity contribution in [3.63, 3.8) is 0 Å². The summed E-state index contributed by atoms with van der Waals surface area (Å²) in [5.41, 5.74) is 8.75. The largest absolute Gasteiger partial charge is 0.481 e. The fraction of sp³-hybridized carbons (Fsp3) is 0.556. The Bertz CT molecular complexity index is 1080. The van der Waals surface area contributed by atoms with E-state index in [1.54, 1.807) is 4.90 Å². The molecule has 0 bridgehead atoms. The van der Waals surface area contributed by atoms with E-state index in [2.05, 4.69) is 22.1 Å². The summed E-state index contributed by atoms with van der Waals surface area (Å²) in [5, 5.41) is 9.09. The number of hydrogen-bond acceptors (Lipinski definition) is 6. The van der Waals surface area contributed by atoms with Crippen LogP contribution in [0.3, 0.4) is 0 Å². The van der Waals surface area contributed by atoms with Gasteiger partial charge in [-0.1, -0.05) is 12.1 Å². The van der Waals surface area contributed by atoms with Gasteiger partial charge in [0, 0.05) is 12.1 Å². The third-order valence-corrected chi connectivity index (χ3v) is 8.49. The molecule has 1 aromatic carbocycles. The van der Waals surface area contributed by atoms with Crippen molar-refractivity contribution >= 4 is 23.4 Å². The molecule has 2 aromatic rings. The highest BCUT2D eigenvalue weighted by atomic mass is 16.5. The van der Waals surface area contributed by atoms with E-state index >= 15 is 0 Å². The van der Waals surface area contributed by atoms with Gasteiger partial charge >= 0.3 is 5.97 Å². The van der Waals surface area contributed by atoms with E-state index in [0.717, 1.165) is 31.4 Å². The number of benzene rings is 1. The van der Waals surface area contributed by atoms with Gasteiger partial charge in [-0.3, -0.25) is 9.59 Å². The molecule has 5 rings (SSSR count). The molecule has 2 saturated carbocycles. The number of fused-ring (bicyclic) bond motifs is 1. The van der Waals surface area contributed by atoms with Gasteiger partial charge in [0.05, 0.1) is 6.04 Å². The predicted octanol–water partition coefficient (Wildman–Crippen LogP) is 4.80. The maximum atomic E-state index is 13.4. The lowest BCUT2D eigenvalue weighted by Gasteiger charge is -2.45. The fourth-order valence-electron chi connectivity index (χ4n) is 6.37. The SMILES string of the molecule is C[C@H]1COc2ncnc(N)c2C(=O)N1c1ccc(C2CCC3(CCC(CC(=O)O)CC3)CC2)cc1. The minimum atomic E-state index is -0.664. The molecule has 2 fully saturated rings. The molecule has 0 saturated heterocycles. The maximum absolute atomic E-state index is 13.4. The number of ether oxygens (including phenoxy) is 1. The summed E-state index contributed by atoms with van der Waals surface area (Å²) < 4.78 is 5.74. The van der Waals surface area contributed by atoms with Gasteiger partial charge in [-0.15, -0.1) is 0 Å². The predicted molar refractivity (Wildman–Crippen MR) is 133 cm³/mol. The summed E-state index contributed by atoms with van der Waals surface area (Å²) in [7, 11) is 0. The molecule has 2 aliphatic carbocycles. The molecule has 1 atom stereocenters. The number of hydrogen-bond donors (Lipinski definition) is 2. The van der Waals surface area contributed by atoms with Crippen molar-refractivity contribution in [3.05, 3.63) is 41.7 Å². The van der Waals surface area contributed by atoms with Gasteiger partial charge in [0.15, 0.2) is 0 Å². The summed E-state index contributed by atoms with van der Waals surface area (Å²) in [6, 6.07) is 8.18. The van der Waals surface area contributed by atoms with Gasteiger partial charge in [-0.2, -0.15) is 0 Å². The molecule has 186 valence electrons. The minimum Gasteiger partial charge on any atom is -0.481 e. The van der Waals surface area contributed by atoms with Gasteiger partial charge in [0.2, 0.25) is 5.88 Å². The van der Waals surface area contributed by atoms with Crippen molar-refractivity contribution < 1.29 is 19.4 Å². The molecule has 3 N–H and O–H groups in total. The zero-order valence-electron chi connectivity index (χ0n) is 20.3. The molecule has 1 amide bonds. The smallest absolute Gasteiger partial charge is 0.303 e. The molecule has 3 aliphatic rings. The van der Waals surface area contributed by atoms with Crippen LogP contribution in [-0.2, 0) is 4.79 Å². The van der Waals surface area contributed by atoms with E-state index in [9.17, 15) is 9.59 Å². The zero-order chi connectivity index (χ0) is 24.6. The third kappa shape index (κ3) is 4.70. The van der Waals surface area contributed by atoms with Crippen molar-refractivity contribution in [1.82, 2.24) is 9.97 Å². The van der Waals surface area contributed by atoms with Crippen LogP contribution >= 0.6 is 0 Å². The number of anilines is 2. The van der Waals surface area contributed by atoms with Crippen LogP contribution in [0.1, 0.15) is 86.6 Å². The lowest BCUT2D eigenvalue weighted by molar-refractivity contribution is -0.138. The fourth-order valence-corrected chi connectivity index (χ4v) is 6.37. The summed E-state index contributed by atoms with van der Waals surface area (Å²) >= 11 is 0. The second-order valence-corrected chi connectivity index (χ2v) is 10.7. The molecule has 1 aromatic heterocycles. The summed E-state index contributed by atoms with van der Waals surface area (Å²) in [6.07, 6.45) is 10.8. The van der Waals surface area contributed by atoms with Crippen molar-refractivity contribution in [2.24, 2.45) is 11.3 Å². The Labute approximate surface area is 205 Å². The highest BCUT2D eigenvalue weighted by Gasteiger charge is 2.39. The number of carbonyl (C=O) groups is 2. The number of nitrogens with zero attached hydrogens (tertiary/aromatic N) is 3. The number of rotatable bonds is 4. The van der Waals surface area contributed by atoms with Crippen LogP contribution in [0, 0.1) is 11.3 Å². The van der Waals surface area contributed by atoms with Gasteiger partial charge in [0.25, 0.3) is 5.91 Å². The summed E-state index contributed by atoms with van der Waals surface area (Å²) in [6.45, 7) is 2.28. The number of aromatic nitrogens is 2. The number of amides is 1. The number of carboxylic acid groups (broad SMARTS) is 1. The first-order valence-electron chi connectivity index (χ1n) is 12.7. The van der Waals surface area contributed by atoms with Gasteiger partial charge in [0.1, 0.15) is 24.3 Å². The van der Waals surface area contributed by atoms with E-state index in [1.165, 1.54) is 37.6 Å². The molecule has 8 heteroatoms. The Morgan fingerprint density at radius 3 is 2.43 bits per heavy atom. The van der Waals surface area contributed by atoms with E-state index < -0.39 is 5.97 Å². The Morgan fingerprint density at radius 2 is 1.77 bits per heavy atom. The Hall–Kier alpha value is -3.16. The number of nitrogens with two attached hydrogens (primary N) is 1. The monoisotopic (exact) mass is 478 g/mol. The molecule has 8 nitrogen and oxygen atoms in total. The van der Waals surface area contributed by atoms with Crippen LogP contribution in [0.4, 0.5) is 11.5 Å². The molecule has 1 spiro atoms. The lowest BCUT2D eigenvalue weighted by atomic mass is 9.60. The first-order valence-corrected chi connectivity index (χ1v) is 12.7. The molecule has 35 heavy (non-hydrogen) atoms. The number of aliphatic carboxylic acids is 1. The first-order chi connectivity index (χ1) is 16.8. The van der Waals surface area contributed by atoms with Crippen molar-refractivity contribution in [3.8, 4) is 5.88 Å². The topological polar surface area (TPSA) is 119 Å². The van der Waals surface area contributed by atoms with E-state index in [1.807, 2.05) is 19.1 Å². The Kier molecular flexibility index (Phi) is 6.38. The van der Waals surface area contributed by atoms with Gasteiger partial charge in [-0.05, 0) is 93.2 Å². The second kappa shape index (κ2) is 9.47. The number of carboxylic acids is 1. The highest BCUT2D eigenvalue weighted by Crippen LogP contribution is 2.52. The van der Waals surface area contributed by atoms with Crippen molar-refractivity contribution in [1.29, 1.82) is 0 Å². The molecular weight excluding hydrogens is 444 g/mol. The highest BCUT2D eigenvalue weighted by molar-refractivity contribution is 6.11. The van der Waals surface area contributed by atoms with Crippen LogP contribution in [0.15, 0.2) is 30.6 Å². The summed E-state index contributed by atoms with van der Waals surface area (Å²) in [4.78, 5) is 34.2. The van der Waals surface area contributed by atoms with Crippen LogP contribution < -0.4 is 15.4 Å². The standard InChI is InChI=1S/C27H34N4O4/c1-17-15-35-25-23(24(28)29-16-30-25)26(34)31(17)21-4-2-19(3-5-21)20-8-12-27(13-9-20)10-6-18(7-11-27)14-22(32)33/h2-5,16-18,20H,6-15H2,1H3,(H,32,33)(H2,28,29,30)/t17-,18?,20?,27?/m0/s1. The van der Waals surface area contributed by atoms with E-state index in [-0.39, 0.29) is 29.2 Å². The zero-order valence-corrected chi connectivity index (χ0v) is 20.3. The summed E-state index contributed by atoms with van der Waals surface area (Å²) in [5.74, 6) is 0.339. The third-order valence-electron chi connectivity index (χ3n) is 8.49. The molecule has 0 radical (unpaired) electrons. The second-order valence-electron chi connectivity index (χ2n) is 10.7. The normalized spacial score (nSPS) is 28.8. The van der Waals surface area contributed by atoms with E-state index in [4.69, 9.17) is 15.6 Å². The lowest BCUT2D eigenvalue weighted by Crippen LogP contribution is -2.40. The number of carbonyl (C=O) groups excluding carboxylic acids is 1. The average molecular weight is 479 g/mol. The Morgan fingerprint density at radius 1 is 1.11 bits per heavy atom. The van der Waals surface area contributed by atoms with Crippen LogP contribution in [0.25, 0.3) is 0 Å². The molecule has 1 aliphatic heterocycles. The van der Waals surface area contributed by atoms with Crippen LogP contribution in [0.5, 0.6) is 5.88 Å². The van der Waals surface area contributed by atoms with Crippen molar-refractivity contribution in [2.75, 3.05) is 17.2 Å². The molecule has 0 unspecified atom stereocenters. The quantitative estimate of drug-likeness (QED) is 0.648. The minimum absolute atomic E-state index is 0.129. The average Bonchev–Trinajstić information content (AvgIpc) is 2.97. The number of nitrogen functional groups attached to an aromatic ring is 1. The van der Waals surface area contributed by atoms with Crippen LogP contribution in [0.2, 0.25) is 0 Å². The van der Waals surface area contributed by atoms with Gasteiger partial charge in [-0.25, -0.2) is 9.97 Å². The molecule has 2 heterocycles. The molecular formula is C27H34N4O4. The van der Waals surface area contributed by atoms with Crippen molar-refractivity contribution in [2.45, 2.75) is 76.7 Å². The first kappa shape index (κ1) is 23.6. The van der Waals surface area contributed by atoms with E-state index in [0.29, 0.717) is 30.3 Å². The maximum Gasteiger partial charge on any atom is 0.303 e. The van der Waals surface area contributed by atoms with Crippen LogP contribution in [-0.4, -0.2) is 39.6 Å². The Balaban J connectivity index is 1.25. The van der Waals surface area contributed by atoms with Gasteiger partial charge < -0.3 is 20.5 Å².